The normalized spacial score (nSPS) is 13.8. The van der Waals surface area contributed by atoms with Gasteiger partial charge in [0.2, 0.25) is 0 Å². The number of anilines is 2. The first-order valence-electron chi connectivity index (χ1n) is 10.7. The molecule has 8 nitrogen and oxygen atoms in total. The van der Waals surface area contributed by atoms with Gasteiger partial charge in [-0.05, 0) is 47.5 Å². The lowest BCUT2D eigenvalue weighted by atomic mass is 10.0. The summed E-state index contributed by atoms with van der Waals surface area (Å²) in [6.07, 6.45) is 1.50. The summed E-state index contributed by atoms with van der Waals surface area (Å²) in [6, 6.07) is 14.1. The fourth-order valence-corrected chi connectivity index (χ4v) is 3.82. The Morgan fingerprint density at radius 1 is 1.00 bits per heavy atom. The zero-order valence-corrected chi connectivity index (χ0v) is 18.2. The molecule has 2 aromatic carbocycles. The van der Waals surface area contributed by atoms with Crippen molar-refractivity contribution in [2.24, 2.45) is 0 Å². The number of hydrogen-bond donors (Lipinski definition) is 1. The van der Waals surface area contributed by atoms with Crippen molar-refractivity contribution in [1.29, 1.82) is 0 Å². The summed E-state index contributed by atoms with van der Waals surface area (Å²) in [4.78, 5) is 11.0. The summed E-state index contributed by atoms with van der Waals surface area (Å²) in [7, 11) is 1.60. The van der Waals surface area contributed by atoms with Gasteiger partial charge in [-0.2, -0.15) is 5.10 Å². The quantitative estimate of drug-likeness (QED) is 0.480. The lowest BCUT2D eigenvalue weighted by Crippen LogP contribution is -2.36. The number of hydrogen-bond acceptors (Lipinski definition) is 8. The molecule has 0 radical (unpaired) electrons. The predicted octanol–water partition coefficient (Wildman–Crippen LogP) is 3.68. The second-order valence-corrected chi connectivity index (χ2v) is 7.64. The molecule has 0 amide bonds. The van der Waals surface area contributed by atoms with Gasteiger partial charge in [0.05, 0.1) is 32.6 Å². The van der Waals surface area contributed by atoms with Crippen LogP contribution in [0.3, 0.4) is 0 Å². The minimum absolute atomic E-state index is 0.280. The van der Waals surface area contributed by atoms with Gasteiger partial charge in [0, 0.05) is 18.5 Å². The van der Waals surface area contributed by atoms with Crippen LogP contribution in [0.1, 0.15) is 5.69 Å². The molecule has 0 bridgehead atoms. The van der Waals surface area contributed by atoms with Crippen LogP contribution in [-0.2, 0) is 11.3 Å². The maximum atomic E-state index is 13.4. The molecule has 1 N–H and O–H groups in total. The highest BCUT2D eigenvalue weighted by Crippen LogP contribution is 2.34. The van der Waals surface area contributed by atoms with E-state index in [4.69, 9.17) is 9.47 Å². The second-order valence-electron chi connectivity index (χ2n) is 7.64. The van der Waals surface area contributed by atoms with Crippen LogP contribution in [0.15, 0.2) is 54.9 Å². The highest BCUT2D eigenvalue weighted by Gasteiger charge is 2.14. The highest BCUT2D eigenvalue weighted by molar-refractivity contribution is 5.96. The summed E-state index contributed by atoms with van der Waals surface area (Å²) in [5.41, 5.74) is 3.23. The fourth-order valence-electron chi connectivity index (χ4n) is 3.82. The first-order valence-corrected chi connectivity index (χ1v) is 10.7. The van der Waals surface area contributed by atoms with Crippen LogP contribution in [0.2, 0.25) is 0 Å². The average Bonchev–Trinajstić information content (AvgIpc) is 2.88. The Morgan fingerprint density at radius 3 is 2.55 bits per heavy atom. The fraction of sp³-hybridized carbons (Fsp3) is 0.250. The summed E-state index contributed by atoms with van der Waals surface area (Å²) < 4.78 is 24.3. The Hall–Kier alpha value is -3.85. The van der Waals surface area contributed by atoms with E-state index in [9.17, 15) is 4.39 Å². The topological polar surface area (TPSA) is 85.3 Å². The van der Waals surface area contributed by atoms with Crippen molar-refractivity contribution in [2.45, 2.75) is 6.54 Å². The monoisotopic (exact) mass is 446 g/mol. The first kappa shape index (κ1) is 21.0. The van der Waals surface area contributed by atoms with Gasteiger partial charge in [-0.15, -0.1) is 5.10 Å². The molecule has 3 heterocycles. The lowest BCUT2D eigenvalue weighted by Gasteiger charge is -2.27. The summed E-state index contributed by atoms with van der Waals surface area (Å²) in [5, 5.41) is 12.9. The lowest BCUT2D eigenvalue weighted by molar-refractivity contribution is 0.122. The number of benzene rings is 2. The molecular weight excluding hydrogens is 423 g/mol. The highest BCUT2D eigenvalue weighted by atomic mass is 19.1. The van der Waals surface area contributed by atoms with Gasteiger partial charge in [-0.25, -0.2) is 14.4 Å². The van der Waals surface area contributed by atoms with Crippen LogP contribution in [-0.4, -0.2) is 53.6 Å². The number of aromatic nitrogens is 4. The van der Waals surface area contributed by atoms with Crippen LogP contribution in [0, 0.1) is 5.82 Å². The molecule has 0 aliphatic carbocycles. The molecule has 0 spiro atoms. The Labute approximate surface area is 190 Å². The number of morpholine rings is 1. The second kappa shape index (κ2) is 9.33. The van der Waals surface area contributed by atoms with Crippen molar-refractivity contribution >= 4 is 22.5 Å². The number of nitrogens with zero attached hydrogens (tertiary/aromatic N) is 5. The van der Waals surface area contributed by atoms with Gasteiger partial charge in [0.25, 0.3) is 0 Å². The van der Waals surface area contributed by atoms with E-state index in [-0.39, 0.29) is 5.82 Å². The van der Waals surface area contributed by atoms with Crippen LogP contribution >= 0.6 is 0 Å². The van der Waals surface area contributed by atoms with Crippen LogP contribution in [0.25, 0.3) is 22.0 Å². The Morgan fingerprint density at radius 2 is 1.82 bits per heavy atom. The molecule has 1 aliphatic heterocycles. The molecule has 0 unspecified atom stereocenters. The third-order valence-electron chi connectivity index (χ3n) is 5.58. The van der Waals surface area contributed by atoms with E-state index in [1.807, 2.05) is 24.3 Å². The molecule has 168 valence electrons. The first-order chi connectivity index (χ1) is 16.2. The molecular formula is C24H23FN6O2. The van der Waals surface area contributed by atoms with E-state index < -0.39 is 0 Å². The van der Waals surface area contributed by atoms with Crippen LogP contribution in [0.4, 0.5) is 16.0 Å². The summed E-state index contributed by atoms with van der Waals surface area (Å²) in [5.74, 6) is 1.84. The minimum Gasteiger partial charge on any atom is -0.494 e. The summed E-state index contributed by atoms with van der Waals surface area (Å²) >= 11 is 0. The third kappa shape index (κ3) is 4.54. The molecule has 0 atom stereocenters. The van der Waals surface area contributed by atoms with E-state index in [2.05, 4.69) is 30.4 Å². The third-order valence-corrected chi connectivity index (χ3v) is 5.58. The Kier molecular flexibility index (Phi) is 5.95. The number of rotatable bonds is 6. The molecule has 33 heavy (non-hydrogen) atoms. The van der Waals surface area contributed by atoms with Gasteiger partial charge in [-0.1, -0.05) is 12.1 Å². The summed E-state index contributed by atoms with van der Waals surface area (Å²) in [6.45, 7) is 3.49. The van der Waals surface area contributed by atoms with Gasteiger partial charge >= 0.3 is 0 Å². The van der Waals surface area contributed by atoms with Crippen molar-refractivity contribution in [3.63, 3.8) is 0 Å². The van der Waals surface area contributed by atoms with Crippen molar-refractivity contribution in [3.05, 3.63) is 66.4 Å². The van der Waals surface area contributed by atoms with Crippen molar-refractivity contribution in [3.8, 4) is 16.9 Å². The smallest absolute Gasteiger partial charge is 0.151 e. The largest absolute Gasteiger partial charge is 0.494 e. The number of ether oxygens (including phenoxy) is 2. The number of halogens is 1. The standard InChI is InChI=1S/C24H23FN6O2/c1-32-21-13-17(16-2-4-18(25)5-3-16)12-20-23(21)27-15-28-24(20)26-14-19-6-7-22(30-29-19)31-8-10-33-11-9-31/h2-7,12-13,15H,8-11,14H2,1H3,(H,26,27,28). The van der Waals surface area contributed by atoms with Crippen molar-refractivity contribution in [1.82, 2.24) is 20.2 Å². The zero-order chi connectivity index (χ0) is 22.6. The molecule has 1 aliphatic rings. The predicted molar refractivity (Wildman–Crippen MR) is 124 cm³/mol. The zero-order valence-electron chi connectivity index (χ0n) is 18.2. The Balaban J connectivity index is 1.40. The van der Waals surface area contributed by atoms with Crippen molar-refractivity contribution in [2.75, 3.05) is 43.6 Å². The SMILES string of the molecule is COc1cc(-c2ccc(F)cc2)cc2c(NCc3ccc(N4CCOCC4)nn3)ncnc12. The van der Waals surface area contributed by atoms with Gasteiger partial charge in [0.15, 0.2) is 5.82 Å². The minimum atomic E-state index is -0.280. The van der Waals surface area contributed by atoms with Crippen LogP contribution in [0.5, 0.6) is 5.75 Å². The van der Waals surface area contributed by atoms with E-state index >= 15 is 0 Å². The maximum Gasteiger partial charge on any atom is 0.151 e. The number of nitrogens with one attached hydrogen (secondary N) is 1. The van der Waals surface area contributed by atoms with E-state index in [1.54, 1.807) is 19.2 Å². The number of methoxy groups -OCH3 is 1. The van der Waals surface area contributed by atoms with Gasteiger partial charge in [-0.3, -0.25) is 0 Å². The maximum absolute atomic E-state index is 13.4. The van der Waals surface area contributed by atoms with E-state index in [0.717, 1.165) is 41.1 Å². The number of fused-ring (bicyclic) bond motifs is 1. The molecule has 1 saturated heterocycles. The molecule has 5 rings (SSSR count). The van der Waals surface area contributed by atoms with Gasteiger partial charge < -0.3 is 19.7 Å². The molecule has 1 fully saturated rings. The van der Waals surface area contributed by atoms with E-state index in [0.29, 0.717) is 36.8 Å². The average molecular weight is 446 g/mol. The van der Waals surface area contributed by atoms with Crippen LogP contribution < -0.4 is 15.0 Å². The van der Waals surface area contributed by atoms with Gasteiger partial charge in [0.1, 0.15) is 29.2 Å². The molecule has 4 aromatic rings. The Bertz CT molecular complexity index is 1240. The van der Waals surface area contributed by atoms with Crippen molar-refractivity contribution < 1.29 is 13.9 Å². The molecule has 0 saturated carbocycles. The molecule has 9 heteroatoms. The van der Waals surface area contributed by atoms with E-state index in [1.165, 1.54) is 18.5 Å². The molecule has 2 aromatic heterocycles.